The van der Waals surface area contributed by atoms with E-state index in [-0.39, 0.29) is 6.71 Å². The minimum atomic E-state index is 0.0170. The number of benzene rings is 7. The highest BCUT2D eigenvalue weighted by atomic mass is 35.5. The van der Waals surface area contributed by atoms with Gasteiger partial charge in [-0.2, -0.15) is 0 Å². The molecular formula is C42H24BClN2S2. The molecule has 0 unspecified atom stereocenters. The largest absolute Gasteiger partial charge is 0.311 e. The van der Waals surface area contributed by atoms with Gasteiger partial charge in [-0.25, -0.2) is 0 Å². The SMILES string of the molecule is Clc1cc2c3c(c1)N(c1ccccc1)c1cc4sc5ccccc5c4cc1B3c1cc3c(cc1N2c1ccccc1)sc1ccccc13. The summed E-state index contributed by atoms with van der Waals surface area (Å²) < 4.78 is 5.21. The number of hydrogen-bond acceptors (Lipinski definition) is 4. The number of halogens is 1. The van der Waals surface area contributed by atoms with Crippen LogP contribution in [0.3, 0.4) is 0 Å². The van der Waals surface area contributed by atoms with E-state index in [1.54, 1.807) is 0 Å². The van der Waals surface area contributed by atoms with Crippen molar-refractivity contribution in [1.82, 2.24) is 0 Å². The summed E-state index contributed by atoms with van der Waals surface area (Å²) >= 11 is 10.9. The van der Waals surface area contributed by atoms with Crippen LogP contribution in [0.15, 0.2) is 146 Å². The van der Waals surface area contributed by atoms with Gasteiger partial charge in [-0.15, -0.1) is 22.7 Å². The monoisotopic (exact) mass is 666 g/mol. The van der Waals surface area contributed by atoms with Crippen LogP contribution in [0.5, 0.6) is 0 Å². The lowest BCUT2D eigenvalue weighted by atomic mass is 9.33. The minimum absolute atomic E-state index is 0.0170. The molecule has 2 aromatic heterocycles. The summed E-state index contributed by atoms with van der Waals surface area (Å²) in [6.07, 6.45) is 0. The van der Waals surface area contributed by atoms with Gasteiger partial charge in [0, 0.05) is 68.7 Å². The molecule has 11 rings (SSSR count). The third-order valence-electron chi connectivity index (χ3n) is 10.1. The molecule has 9 aromatic rings. The molecule has 0 fully saturated rings. The Balaban J connectivity index is 1.31. The van der Waals surface area contributed by atoms with E-state index in [0.717, 1.165) is 27.8 Å². The second-order valence-electron chi connectivity index (χ2n) is 12.6. The van der Waals surface area contributed by atoms with E-state index in [0.29, 0.717) is 0 Å². The molecule has 7 aromatic carbocycles. The van der Waals surface area contributed by atoms with Crippen molar-refractivity contribution in [3.8, 4) is 0 Å². The second-order valence-corrected chi connectivity index (χ2v) is 15.2. The lowest BCUT2D eigenvalue weighted by molar-refractivity contribution is 1.26. The van der Waals surface area contributed by atoms with Crippen LogP contribution in [0.2, 0.25) is 5.02 Å². The maximum Gasteiger partial charge on any atom is 0.252 e. The molecule has 2 aliphatic heterocycles. The maximum atomic E-state index is 7.14. The standard InChI is InChI=1S/C42H24BClN2S2/c44-25-19-36-42-37(20-25)46(27-13-5-2-6-14-27)35-24-41-31(29-16-8-10-18-39(29)48-41)22-33(35)43(42)32-21-30-28-15-7-9-17-38(28)47-40(30)23-34(32)45(36)26-11-3-1-4-12-26/h1-24H. The number of anilines is 6. The van der Waals surface area contributed by atoms with Gasteiger partial charge >= 0.3 is 0 Å². The van der Waals surface area contributed by atoms with Crippen molar-refractivity contribution in [3.05, 3.63) is 151 Å². The summed E-state index contributed by atoms with van der Waals surface area (Å²) in [7, 11) is 0. The second kappa shape index (κ2) is 9.97. The number of nitrogens with zero attached hydrogens (tertiary/aromatic N) is 2. The Labute approximate surface area is 290 Å². The fourth-order valence-corrected chi connectivity index (χ4v) is 10.6. The average Bonchev–Trinajstić information content (AvgIpc) is 3.67. The lowest BCUT2D eigenvalue weighted by Crippen LogP contribution is -2.61. The number of para-hydroxylation sites is 2. The number of thiophene rings is 2. The molecule has 2 nitrogen and oxygen atoms in total. The summed E-state index contributed by atoms with van der Waals surface area (Å²) in [4.78, 5) is 4.88. The van der Waals surface area contributed by atoms with Crippen LogP contribution >= 0.6 is 34.3 Å². The zero-order valence-electron chi connectivity index (χ0n) is 25.5. The van der Waals surface area contributed by atoms with Crippen molar-refractivity contribution in [2.75, 3.05) is 9.80 Å². The molecule has 48 heavy (non-hydrogen) atoms. The van der Waals surface area contributed by atoms with Crippen molar-refractivity contribution in [1.29, 1.82) is 0 Å². The highest BCUT2D eigenvalue weighted by molar-refractivity contribution is 7.26. The van der Waals surface area contributed by atoms with Crippen molar-refractivity contribution in [3.63, 3.8) is 0 Å². The van der Waals surface area contributed by atoms with Gasteiger partial charge in [0.1, 0.15) is 0 Å². The predicted octanol–water partition coefficient (Wildman–Crippen LogP) is 11.2. The molecular weight excluding hydrogens is 643 g/mol. The first-order chi connectivity index (χ1) is 23.7. The molecule has 2 aliphatic rings. The normalized spacial score (nSPS) is 13.4. The van der Waals surface area contributed by atoms with Gasteiger partial charge in [0.25, 0.3) is 6.71 Å². The van der Waals surface area contributed by atoms with E-state index in [4.69, 9.17) is 11.6 Å². The van der Waals surface area contributed by atoms with Crippen molar-refractivity contribution in [2.45, 2.75) is 0 Å². The van der Waals surface area contributed by atoms with Crippen LogP contribution < -0.4 is 26.2 Å². The fourth-order valence-electron chi connectivity index (χ4n) is 8.11. The molecule has 0 spiro atoms. The molecule has 6 heteroatoms. The Hall–Kier alpha value is -5.07. The fraction of sp³-hybridized carbons (Fsp3) is 0. The van der Waals surface area contributed by atoms with Gasteiger partial charge in [-0.1, -0.05) is 96.5 Å². The van der Waals surface area contributed by atoms with Crippen LogP contribution in [0.4, 0.5) is 34.1 Å². The van der Waals surface area contributed by atoms with Crippen molar-refractivity contribution >= 4 is 132 Å². The maximum absolute atomic E-state index is 7.14. The van der Waals surface area contributed by atoms with Crippen LogP contribution in [0.1, 0.15) is 0 Å². The summed E-state index contributed by atoms with van der Waals surface area (Å²) in [5.41, 5.74) is 10.8. The smallest absolute Gasteiger partial charge is 0.252 e. The molecule has 0 atom stereocenters. The molecule has 224 valence electrons. The van der Waals surface area contributed by atoms with E-state index in [9.17, 15) is 0 Å². The van der Waals surface area contributed by atoms with Crippen LogP contribution in [0, 0.1) is 0 Å². The molecule has 0 N–H and O–H groups in total. The Kier molecular flexibility index (Phi) is 5.60. The highest BCUT2D eigenvalue weighted by Gasteiger charge is 2.44. The summed E-state index contributed by atoms with van der Waals surface area (Å²) in [6, 6.07) is 53.3. The number of hydrogen-bond donors (Lipinski definition) is 0. The first kappa shape index (κ1) is 26.9. The van der Waals surface area contributed by atoms with Gasteiger partial charge in [-0.05, 0) is 87.8 Å². The van der Waals surface area contributed by atoms with Gasteiger partial charge in [-0.3, -0.25) is 0 Å². The van der Waals surface area contributed by atoms with Crippen molar-refractivity contribution in [2.24, 2.45) is 0 Å². The molecule has 0 saturated heterocycles. The Morgan fingerprint density at radius 1 is 0.417 bits per heavy atom. The predicted molar refractivity (Wildman–Crippen MR) is 211 cm³/mol. The van der Waals surface area contributed by atoms with E-state index < -0.39 is 0 Å². The van der Waals surface area contributed by atoms with Crippen LogP contribution in [-0.2, 0) is 0 Å². The van der Waals surface area contributed by atoms with Gasteiger partial charge in [0.15, 0.2) is 0 Å². The summed E-state index contributed by atoms with van der Waals surface area (Å²) in [5.74, 6) is 0. The highest BCUT2D eigenvalue weighted by Crippen LogP contribution is 2.48. The molecule has 4 heterocycles. The first-order valence-electron chi connectivity index (χ1n) is 16.2. The average molecular weight is 667 g/mol. The van der Waals surface area contributed by atoms with E-state index >= 15 is 0 Å². The molecule has 0 bridgehead atoms. The quantitative estimate of drug-likeness (QED) is 0.169. The third kappa shape index (κ3) is 3.69. The lowest BCUT2D eigenvalue weighted by Gasteiger charge is -2.44. The number of fused-ring (bicyclic) bond motifs is 10. The Bertz CT molecular complexity index is 2590. The summed E-state index contributed by atoms with van der Waals surface area (Å²) in [5, 5.41) is 5.98. The van der Waals surface area contributed by atoms with Gasteiger partial charge in [0.2, 0.25) is 0 Å². The third-order valence-corrected chi connectivity index (χ3v) is 12.5. The topological polar surface area (TPSA) is 6.48 Å². The first-order valence-corrected chi connectivity index (χ1v) is 18.2. The molecule has 0 amide bonds. The van der Waals surface area contributed by atoms with E-state index in [1.807, 2.05) is 22.7 Å². The van der Waals surface area contributed by atoms with Gasteiger partial charge < -0.3 is 9.80 Å². The van der Waals surface area contributed by atoms with E-state index in [1.165, 1.54) is 68.1 Å². The zero-order chi connectivity index (χ0) is 31.5. The van der Waals surface area contributed by atoms with Crippen LogP contribution in [0.25, 0.3) is 40.3 Å². The van der Waals surface area contributed by atoms with E-state index in [2.05, 4.69) is 155 Å². The molecule has 0 aliphatic carbocycles. The Morgan fingerprint density at radius 3 is 1.33 bits per heavy atom. The minimum Gasteiger partial charge on any atom is -0.311 e. The van der Waals surface area contributed by atoms with Crippen LogP contribution in [-0.4, -0.2) is 6.71 Å². The summed E-state index contributed by atoms with van der Waals surface area (Å²) in [6.45, 7) is 0.0170. The Morgan fingerprint density at radius 2 is 0.854 bits per heavy atom. The zero-order valence-corrected chi connectivity index (χ0v) is 27.9. The molecule has 0 saturated carbocycles. The molecule has 0 radical (unpaired) electrons. The van der Waals surface area contributed by atoms with Gasteiger partial charge in [0.05, 0.1) is 0 Å². The number of rotatable bonds is 2. The van der Waals surface area contributed by atoms with Crippen molar-refractivity contribution < 1.29 is 0 Å².